The van der Waals surface area contributed by atoms with Crippen molar-refractivity contribution in [2.45, 2.75) is 45.6 Å². The Morgan fingerprint density at radius 3 is 2.96 bits per heavy atom. The molecule has 2 aromatic rings. The summed E-state index contributed by atoms with van der Waals surface area (Å²) >= 11 is 0. The van der Waals surface area contributed by atoms with Gasteiger partial charge in [-0.15, -0.1) is 24.0 Å². The number of para-hydroxylation sites is 1. The number of rotatable bonds is 7. The van der Waals surface area contributed by atoms with Gasteiger partial charge in [0.25, 0.3) is 0 Å². The molecular formula is C20H32IN5. The number of hydrogen-bond donors (Lipinski definition) is 3. The lowest BCUT2D eigenvalue weighted by Gasteiger charge is -2.20. The van der Waals surface area contributed by atoms with Crippen LogP contribution in [-0.4, -0.2) is 48.1 Å². The SMILES string of the molecule is CCc1cccc2c(CCNC(N)=NCC3CCCN3CC)c[nH]c12.I. The maximum Gasteiger partial charge on any atom is 0.188 e. The van der Waals surface area contributed by atoms with Gasteiger partial charge in [-0.25, -0.2) is 0 Å². The number of hydrogen-bond acceptors (Lipinski definition) is 2. The van der Waals surface area contributed by atoms with Crippen LogP contribution in [0.15, 0.2) is 29.4 Å². The molecule has 1 aromatic heterocycles. The van der Waals surface area contributed by atoms with Gasteiger partial charge in [0, 0.05) is 29.7 Å². The summed E-state index contributed by atoms with van der Waals surface area (Å²) in [5, 5.41) is 4.59. The van der Waals surface area contributed by atoms with E-state index in [1.54, 1.807) is 0 Å². The number of aromatic nitrogens is 1. The maximum absolute atomic E-state index is 6.05. The van der Waals surface area contributed by atoms with Gasteiger partial charge in [0.15, 0.2) is 5.96 Å². The lowest BCUT2D eigenvalue weighted by Crippen LogP contribution is -2.36. The molecule has 0 saturated carbocycles. The van der Waals surface area contributed by atoms with E-state index in [0.717, 1.165) is 32.5 Å². The fourth-order valence-corrected chi connectivity index (χ4v) is 3.88. The number of H-pyrrole nitrogens is 1. The summed E-state index contributed by atoms with van der Waals surface area (Å²) in [7, 11) is 0. The Bertz CT molecular complexity index is 724. The zero-order chi connectivity index (χ0) is 17.6. The summed E-state index contributed by atoms with van der Waals surface area (Å²) < 4.78 is 0. The van der Waals surface area contributed by atoms with Crippen LogP contribution in [0.3, 0.4) is 0 Å². The number of nitrogens with two attached hydrogens (primary N) is 1. The van der Waals surface area contributed by atoms with E-state index in [2.05, 4.69) is 58.4 Å². The molecule has 1 atom stereocenters. The Kier molecular flexibility index (Phi) is 8.21. The van der Waals surface area contributed by atoms with Crippen molar-refractivity contribution in [1.82, 2.24) is 15.2 Å². The van der Waals surface area contributed by atoms with Crippen molar-refractivity contribution in [3.05, 3.63) is 35.5 Å². The minimum atomic E-state index is 0. The third kappa shape index (κ3) is 4.91. The Morgan fingerprint density at radius 2 is 2.19 bits per heavy atom. The molecule has 1 aliphatic heterocycles. The number of halogens is 1. The Morgan fingerprint density at radius 1 is 1.35 bits per heavy atom. The average molecular weight is 469 g/mol. The predicted octanol–water partition coefficient (Wildman–Crippen LogP) is 3.28. The largest absolute Gasteiger partial charge is 0.370 e. The zero-order valence-electron chi connectivity index (χ0n) is 15.9. The average Bonchev–Trinajstić information content (AvgIpc) is 3.26. The molecular weight excluding hydrogens is 437 g/mol. The molecule has 0 aliphatic carbocycles. The fraction of sp³-hybridized carbons (Fsp3) is 0.550. The maximum atomic E-state index is 6.05. The van der Waals surface area contributed by atoms with Crippen molar-refractivity contribution in [2.24, 2.45) is 10.7 Å². The molecule has 144 valence electrons. The van der Waals surface area contributed by atoms with Crippen LogP contribution in [0.4, 0.5) is 0 Å². The summed E-state index contributed by atoms with van der Waals surface area (Å²) in [6.07, 6.45) is 6.62. The van der Waals surface area contributed by atoms with Crippen molar-refractivity contribution < 1.29 is 0 Å². The van der Waals surface area contributed by atoms with Gasteiger partial charge in [0.05, 0.1) is 6.54 Å². The number of aliphatic imine (C=N–C) groups is 1. The Labute approximate surface area is 173 Å². The number of nitrogens with zero attached hydrogens (tertiary/aromatic N) is 2. The summed E-state index contributed by atoms with van der Waals surface area (Å²) in [4.78, 5) is 10.5. The van der Waals surface area contributed by atoms with Gasteiger partial charge in [0.1, 0.15) is 0 Å². The molecule has 4 N–H and O–H groups in total. The van der Waals surface area contributed by atoms with Crippen LogP contribution < -0.4 is 11.1 Å². The van der Waals surface area contributed by atoms with E-state index >= 15 is 0 Å². The van der Waals surface area contributed by atoms with E-state index in [0.29, 0.717) is 12.0 Å². The highest BCUT2D eigenvalue weighted by Gasteiger charge is 2.22. The first kappa shape index (κ1) is 21.0. The van der Waals surface area contributed by atoms with Crippen LogP contribution in [0.2, 0.25) is 0 Å². The number of nitrogens with one attached hydrogen (secondary N) is 2. The van der Waals surface area contributed by atoms with Gasteiger partial charge >= 0.3 is 0 Å². The molecule has 2 heterocycles. The van der Waals surface area contributed by atoms with Gasteiger partial charge in [-0.1, -0.05) is 32.0 Å². The number of aromatic amines is 1. The molecule has 1 fully saturated rings. The second-order valence-corrected chi connectivity index (χ2v) is 6.83. The smallest absolute Gasteiger partial charge is 0.188 e. The second kappa shape index (κ2) is 10.2. The molecule has 0 bridgehead atoms. The van der Waals surface area contributed by atoms with Crippen molar-refractivity contribution in [3.8, 4) is 0 Å². The molecule has 3 rings (SSSR count). The van der Waals surface area contributed by atoms with Gasteiger partial charge < -0.3 is 16.0 Å². The first-order valence-electron chi connectivity index (χ1n) is 9.58. The van der Waals surface area contributed by atoms with Crippen molar-refractivity contribution in [2.75, 3.05) is 26.2 Å². The topological polar surface area (TPSA) is 69.4 Å². The predicted molar refractivity (Wildman–Crippen MR) is 122 cm³/mol. The number of benzene rings is 1. The molecule has 1 unspecified atom stereocenters. The van der Waals surface area contributed by atoms with Crippen LogP contribution in [-0.2, 0) is 12.8 Å². The van der Waals surface area contributed by atoms with E-state index in [9.17, 15) is 0 Å². The van der Waals surface area contributed by atoms with Crippen LogP contribution in [0.1, 0.15) is 37.8 Å². The number of fused-ring (bicyclic) bond motifs is 1. The molecule has 26 heavy (non-hydrogen) atoms. The standard InChI is InChI=1S/C20H31N5.HI/c1-3-15-7-5-9-18-16(13-23-19(15)18)10-11-22-20(21)24-14-17-8-6-12-25(17)4-2;/h5,7,9,13,17,23H,3-4,6,8,10-12,14H2,1-2H3,(H3,21,22,24);1H. The van der Waals surface area contributed by atoms with Gasteiger partial charge in [-0.2, -0.15) is 0 Å². The summed E-state index contributed by atoms with van der Waals surface area (Å²) in [6.45, 7) is 8.32. The molecule has 5 nitrogen and oxygen atoms in total. The third-order valence-electron chi connectivity index (χ3n) is 5.35. The molecule has 6 heteroatoms. The Hall–Kier alpha value is -1.28. The fourth-order valence-electron chi connectivity index (χ4n) is 3.88. The van der Waals surface area contributed by atoms with E-state index in [-0.39, 0.29) is 24.0 Å². The highest BCUT2D eigenvalue weighted by molar-refractivity contribution is 14.0. The molecule has 1 aliphatic rings. The highest BCUT2D eigenvalue weighted by atomic mass is 127. The molecule has 1 aromatic carbocycles. The molecule has 0 radical (unpaired) electrons. The lowest BCUT2D eigenvalue weighted by atomic mass is 10.1. The van der Waals surface area contributed by atoms with Gasteiger partial charge in [-0.3, -0.25) is 9.89 Å². The van der Waals surface area contributed by atoms with E-state index in [4.69, 9.17) is 5.73 Å². The zero-order valence-corrected chi connectivity index (χ0v) is 18.3. The summed E-state index contributed by atoms with van der Waals surface area (Å²) in [6, 6.07) is 7.08. The normalized spacial score (nSPS) is 18.2. The van der Waals surface area contributed by atoms with Crippen LogP contribution >= 0.6 is 24.0 Å². The molecule has 0 amide bonds. The summed E-state index contributed by atoms with van der Waals surface area (Å²) in [5.74, 6) is 0.567. The quantitative estimate of drug-likeness (QED) is 0.331. The van der Waals surface area contributed by atoms with Crippen molar-refractivity contribution in [3.63, 3.8) is 0 Å². The van der Waals surface area contributed by atoms with Gasteiger partial charge in [-0.05, 0) is 49.9 Å². The van der Waals surface area contributed by atoms with E-state index < -0.39 is 0 Å². The summed E-state index contributed by atoms with van der Waals surface area (Å²) in [5.41, 5.74) is 10.0. The first-order chi connectivity index (χ1) is 12.2. The monoisotopic (exact) mass is 469 g/mol. The number of aryl methyl sites for hydroxylation is 1. The lowest BCUT2D eigenvalue weighted by molar-refractivity contribution is 0.273. The Balaban J connectivity index is 0.00000243. The van der Waals surface area contributed by atoms with Crippen LogP contribution in [0.25, 0.3) is 10.9 Å². The highest BCUT2D eigenvalue weighted by Crippen LogP contribution is 2.22. The third-order valence-corrected chi connectivity index (χ3v) is 5.35. The van der Waals surface area contributed by atoms with E-state index in [1.165, 1.54) is 41.4 Å². The molecule has 0 spiro atoms. The number of likely N-dealkylation sites (N-methyl/N-ethyl adjacent to an activating group) is 1. The van der Waals surface area contributed by atoms with Crippen molar-refractivity contribution in [1.29, 1.82) is 0 Å². The number of likely N-dealkylation sites (tertiary alicyclic amines) is 1. The van der Waals surface area contributed by atoms with Crippen LogP contribution in [0, 0.1) is 0 Å². The molecule has 1 saturated heterocycles. The van der Waals surface area contributed by atoms with Crippen molar-refractivity contribution >= 4 is 40.8 Å². The van der Waals surface area contributed by atoms with Gasteiger partial charge in [0.2, 0.25) is 0 Å². The minimum Gasteiger partial charge on any atom is -0.370 e. The minimum absolute atomic E-state index is 0. The second-order valence-electron chi connectivity index (χ2n) is 6.83. The first-order valence-corrected chi connectivity index (χ1v) is 9.58. The van der Waals surface area contributed by atoms with E-state index in [1.807, 2.05) is 0 Å². The van der Waals surface area contributed by atoms with Crippen LogP contribution in [0.5, 0.6) is 0 Å². The number of guanidine groups is 1.